The van der Waals surface area contributed by atoms with Gasteiger partial charge in [0, 0.05) is 12.7 Å². The summed E-state index contributed by atoms with van der Waals surface area (Å²) in [5, 5.41) is 15.0. The fraction of sp³-hybridized carbons (Fsp3) is 0.111. The Kier molecular flexibility index (Phi) is 4.30. The molecule has 0 saturated carbocycles. The second-order valence-corrected chi connectivity index (χ2v) is 5.20. The van der Waals surface area contributed by atoms with E-state index in [-0.39, 0.29) is 12.1 Å². The summed E-state index contributed by atoms with van der Waals surface area (Å²) in [6.07, 6.45) is 0.338. The van der Waals surface area contributed by atoms with Crippen molar-refractivity contribution in [2.45, 2.75) is 6.10 Å². The van der Waals surface area contributed by atoms with Gasteiger partial charge < -0.3 is 10.4 Å². The van der Waals surface area contributed by atoms with E-state index in [1.165, 1.54) is 6.07 Å². The van der Waals surface area contributed by atoms with Crippen LogP contribution in [0, 0.1) is 5.95 Å². The molecule has 1 unspecified atom stereocenters. The number of aliphatic hydroxyl groups is 1. The Morgan fingerprint density at radius 3 is 2.65 bits per heavy atom. The number of carbonyl (C=O) groups is 1. The molecule has 2 N–H and O–H groups in total. The first-order valence-electron chi connectivity index (χ1n) is 7.20. The van der Waals surface area contributed by atoms with Gasteiger partial charge >= 0.3 is 0 Å². The van der Waals surface area contributed by atoms with Gasteiger partial charge in [-0.1, -0.05) is 36.4 Å². The Balaban J connectivity index is 1.67. The highest BCUT2D eigenvalue weighted by Gasteiger charge is 2.11. The molecular formula is C18H15FN2O2. The smallest absolute Gasteiger partial charge is 0.252 e. The van der Waals surface area contributed by atoms with Crippen molar-refractivity contribution in [1.29, 1.82) is 0 Å². The van der Waals surface area contributed by atoms with Crippen LogP contribution in [0.3, 0.4) is 0 Å². The number of nitrogens with zero attached hydrogens (tertiary/aromatic N) is 1. The number of benzene rings is 2. The van der Waals surface area contributed by atoms with Crippen molar-refractivity contribution < 1.29 is 14.3 Å². The Labute approximate surface area is 132 Å². The van der Waals surface area contributed by atoms with Crippen LogP contribution in [-0.2, 0) is 0 Å². The summed E-state index contributed by atoms with van der Waals surface area (Å²) in [4.78, 5) is 15.3. The predicted octanol–water partition coefficient (Wildman–Crippen LogP) is 2.84. The minimum absolute atomic E-state index is 0.0640. The van der Waals surface area contributed by atoms with Gasteiger partial charge in [-0.3, -0.25) is 4.79 Å². The van der Waals surface area contributed by atoms with Crippen molar-refractivity contribution in [3.8, 4) is 0 Å². The molecule has 2 aromatic carbocycles. The highest BCUT2D eigenvalue weighted by Crippen LogP contribution is 2.20. The minimum Gasteiger partial charge on any atom is -0.387 e. The zero-order valence-corrected chi connectivity index (χ0v) is 12.2. The van der Waals surface area contributed by atoms with Crippen molar-refractivity contribution in [2.75, 3.05) is 6.54 Å². The van der Waals surface area contributed by atoms with Gasteiger partial charge in [-0.2, -0.15) is 4.39 Å². The molecule has 1 atom stereocenters. The Bertz CT molecular complexity index is 834. The van der Waals surface area contributed by atoms with Crippen LogP contribution in [0.5, 0.6) is 0 Å². The minimum atomic E-state index is -0.822. The molecule has 0 aliphatic carbocycles. The largest absolute Gasteiger partial charge is 0.387 e. The Morgan fingerprint density at radius 1 is 1.13 bits per heavy atom. The lowest BCUT2D eigenvalue weighted by Gasteiger charge is -2.13. The summed E-state index contributed by atoms with van der Waals surface area (Å²) in [5.74, 6) is -1.05. The molecule has 0 saturated heterocycles. The monoisotopic (exact) mass is 310 g/mol. The second-order valence-electron chi connectivity index (χ2n) is 5.20. The standard InChI is InChI=1S/C18H15FN2O2/c19-17-8-7-15(10-20-17)18(23)21-11-16(22)14-6-5-12-3-1-2-4-13(12)9-14/h1-10,16,22H,11H2,(H,21,23). The van der Waals surface area contributed by atoms with Crippen LogP contribution in [0.25, 0.3) is 10.8 Å². The van der Waals surface area contributed by atoms with Crippen molar-refractivity contribution in [3.63, 3.8) is 0 Å². The SMILES string of the molecule is O=C(NCC(O)c1ccc2ccccc2c1)c1ccc(F)nc1. The molecule has 5 heteroatoms. The van der Waals surface area contributed by atoms with E-state index in [0.29, 0.717) is 0 Å². The fourth-order valence-corrected chi connectivity index (χ4v) is 2.33. The Morgan fingerprint density at radius 2 is 1.91 bits per heavy atom. The van der Waals surface area contributed by atoms with Crippen LogP contribution >= 0.6 is 0 Å². The quantitative estimate of drug-likeness (QED) is 0.728. The van der Waals surface area contributed by atoms with Crippen molar-refractivity contribution >= 4 is 16.7 Å². The van der Waals surface area contributed by atoms with Gasteiger partial charge in [0.05, 0.1) is 11.7 Å². The zero-order chi connectivity index (χ0) is 16.2. The van der Waals surface area contributed by atoms with Gasteiger partial charge in [0.1, 0.15) is 0 Å². The molecule has 0 fully saturated rings. The molecule has 1 amide bonds. The number of aliphatic hydroxyl groups excluding tert-OH is 1. The maximum absolute atomic E-state index is 12.7. The van der Waals surface area contributed by atoms with Crippen LogP contribution in [0.15, 0.2) is 60.8 Å². The first-order valence-corrected chi connectivity index (χ1v) is 7.20. The van der Waals surface area contributed by atoms with Gasteiger partial charge in [-0.15, -0.1) is 0 Å². The van der Waals surface area contributed by atoms with Crippen LogP contribution in [0.1, 0.15) is 22.0 Å². The molecular weight excluding hydrogens is 295 g/mol. The van der Waals surface area contributed by atoms with E-state index in [1.807, 2.05) is 42.5 Å². The topological polar surface area (TPSA) is 62.2 Å². The van der Waals surface area contributed by atoms with E-state index in [1.54, 1.807) is 0 Å². The van der Waals surface area contributed by atoms with E-state index in [9.17, 15) is 14.3 Å². The number of pyridine rings is 1. The molecule has 3 aromatic rings. The van der Waals surface area contributed by atoms with Gasteiger partial charge in [-0.25, -0.2) is 4.98 Å². The lowest BCUT2D eigenvalue weighted by Crippen LogP contribution is -2.28. The van der Waals surface area contributed by atoms with Gasteiger partial charge in [0.2, 0.25) is 5.95 Å². The summed E-state index contributed by atoms with van der Waals surface area (Å²) in [6.45, 7) is 0.0640. The van der Waals surface area contributed by atoms with E-state index in [2.05, 4.69) is 10.3 Å². The van der Waals surface area contributed by atoms with Crippen molar-refractivity contribution in [1.82, 2.24) is 10.3 Å². The van der Waals surface area contributed by atoms with Crippen LogP contribution < -0.4 is 5.32 Å². The molecule has 23 heavy (non-hydrogen) atoms. The number of amides is 1. The highest BCUT2D eigenvalue weighted by molar-refractivity contribution is 5.93. The molecule has 1 aromatic heterocycles. The summed E-state index contributed by atoms with van der Waals surface area (Å²) in [6, 6.07) is 16.0. The highest BCUT2D eigenvalue weighted by atomic mass is 19.1. The van der Waals surface area contributed by atoms with Crippen LogP contribution in [-0.4, -0.2) is 22.5 Å². The third-order valence-corrected chi connectivity index (χ3v) is 3.60. The number of halogens is 1. The van der Waals surface area contributed by atoms with Crippen LogP contribution in [0.4, 0.5) is 4.39 Å². The maximum atomic E-state index is 12.7. The lowest BCUT2D eigenvalue weighted by atomic mass is 10.0. The summed E-state index contributed by atoms with van der Waals surface area (Å²) >= 11 is 0. The van der Waals surface area contributed by atoms with Gasteiger partial charge in [0.25, 0.3) is 5.91 Å². The van der Waals surface area contributed by atoms with E-state index >= 15 is 0 Å². The van der Waals surface area contributed by atoms with E-state index in [0.717, 1.165) is 28.6 Å². The molecule has 116 valence electrons. The lowest BCUT2D eigenvalue weighted by molar-refractivity contribution is 0.0916. The number of hydrogen-bond acceptors (Lipinski definition) is 3. The molecule has 0 bridgehead atoms. The molecule has 1 heterocycles. The normalized spacial score (nSPS) is 12.1. The van der Waals surface area contributed by atoms with Gasteiger partial charge in [-0.05, 0) is 34.5 Å². The second kappa shape index (κ2) is 6.54. The molecule has 0 radical (unpaired) electrons. The van der Waals surface area contributed by atoms with Crippen molar-refractivity contribution in [2.24, 2.45) is 0 Å². The third kappa shape index (κ3) is 3.52. The average Bonchev–Trinajstić information content (AvgIpc) is 2.59. The molecule has 4 nitrogen and oxygen atoms in total. The number of carbonyl (C=O) groups excluding carboxylic acids is 1. The zero-order valence-electron chi connectivity index (χ0n) is 12.2. The first kappa shape index (κ1) is 15.1. The van der Waals surface area contributed by atoms with E-state index < -0.39 is 18.0 Å². The van der Waals surface area contributed by atoms with Gasteiger partial charge in [0.15, 0.2) is 0 Å². The number of hydrogen-bond donors (Lipinski definition) is 2. The maximum Gasteiger partial charge on any atom is 0.252 e. The van der Waals surface area contributed by atoms with E-state index in [4.69, 9.17) is 0 Å². The Hall–Kier alpha value is -2.79. The summed E-state index contributed by atoms with van der Waals surface area (Å²) in [5.41, 5.74) is 0.971. The van der Waals surface area contributed by atoms with Crippen LogP contribution in [0.2, 0.25) is 0 Å². The summed E-state index contributed by atoms with van der Waals surface area (Å²) in [7, 11) is 0. The van der Waals surface area contributed by atoms with Crippen molar-refractivity contribution in [3.05, 3.63) is 77.9 Å². The summed E-state index contributed by atoms with van der Waals surface area (Å²) < 4.78 is 12.7. The average molecular weight is 310 g/mol. The fourth-order valence-electron chi connectivity index (χ4n) is 2.33. The molecule has 0 spiro atoms. The molecule has 0 aliphatic heterocycles. The predicted molar refractivity (Wildman–Crippen MR) is 85.4 cm³/mol. The molecule has 0 aliphatic rings. The number of rotatable bonds is 4. The first-order chi connectivity index (χ1) is 11.1. The third-order valence-electron chi connectivity index (χ3n) is 3.60. The number of aromatic nitrogens is 1. The number of fused-ring (bicyclic) bond motifs is 1. The number of nitrogens with one attached hydrogen (secondary N) is 1. The molecule has 3 rings (SSSR count).